The van der Waals surface area contributed by atoms with Crippen LogP contribution < -0.4 is 10.6 Å². The van der Waals surface area contributed by atoms with Crippen LogP contribution in [0.4, 0.5) is 0 Å². The van der Waals surface area contributed by atoms with Gasteiger partial charge in [0.05, 0.1) is 0 Å². The average molecular weight is 216 g/mol. The summed E-state index contributed by atoms with van der Waals surface area (Å²) in [5.74, 6) is 0. The molecule has 3 heterocycles. The van der Waals surface area contributed by atoms with E-state index in [1.54, 1.807) is 0 Å². The SMILES string of the molecule is c1ccc(CC23CCCC(CN2)NC3)cc1. The predicted molar refractivity (Wildman–Crippen MR) is 66.5 cm³/mol. The van der Waals surface area contributed by atoms with Crippen molar-refractivity contribution in [2.75, 3.05) is 13.1 Å². The maximum absolute atomic E-state index is 3.78. The molecule has 3 saturated heterocycles. The Hall–Kier alpha value is -0.860. The van der Waals surface area contributed by atoms with Crippen molar-refractivity contribution in [2.45, 2.75) is 37.3 Å². The fourth-order valence-electron chi connectivity index (χ4n) is 3.08. The van der Waals surface area contributed by atoms with Crippen molar-refractivity contribution in [3.05, 3.63) is 35.9 Å². The lowest BCUT2D eigenvalue weighted by Crippen LogP contribution is -2.61. The largest absolute Gasteiger partial charge is 0.311 e. The molecule has 86 valence electrons. The van der Waals surface area contributed by atoms with E-state index in [4.69, 9.17) is 0 Å². The maximum atomic E-state index is 3.78. The van der Waals surface area contributed by atoms with E-state index in [-0.39, 0.29) is 0 Å². The molecule has 2 unspecified atom stereocenters. The van der Waals surface area contributed by atoms with Crippen LogP contribution in [-0.2, 0) is 6.42 Å². The monoisotopic (exact) mass is 216 g/mol. The highest BCUT2D eigenvalue weighted by Crippen LogP contribution is 2.26. The number of rotatable bonds is 2. The fraction of sp³-hybridized carbons (Fsp3) is 0.571. The normalized spacial score (nSPS) is 33.6. The summed E-state index contributed by atoms with van der Waals surface area (Å²) in [6.45, 7) is 2.28. The second-order valence-electron chi connectivity index (χ2n) is 5.29. The first kappa shape index (κ1) is 10.3. The summed E-state index contributed by atoms with van der Waals surface area (Å²) in [5.41, 5.74) is 1.77. The van der Waals surface area contributed by atoms with Crippen LogP contribution in [0.15, 0.2) is 30.3 Å². The van der Waals surface area contributed by atoms with E-state index in [2.05, 4.69) is 41.0 Å². The number of piperazine rings is 1. The van der Waals surface area contributed by atoms with Crippen LogP contribution in [0.3, 0.4) is 0 Å². The van der Waals surface area contributed by atoms with Crippen molar-refractivity contribution in [3.8, 4) is 0 Å². The topological polar surface area (TPSA) is 24.1 Å². The van der Waals surface area contributed by atoms with Crippen molar-refractivity contribution in [1.82, 2.24) is 10.6 Å². The van der Waals surface area contributed by atoms with Crippen molar-refractivity contribution < 1.29 is 0 Å². The molecule has 16 heavy (non-hydrogen) atoms. The number of benzene rings is 1. The Morgan fingerprint density at radius 3 is 2.88 bits per heavy atom. The Labute approximate surface area is 97.4 Å². The predicted octanol–water partition coefficient (Wildman–Crippen LogP) is 1.71. The molecular weight excluding hydrogens is 196 g/mol. The smallest absolute Gasteiger partial charge is 0.0347 e. The summed E-state index contributed by atoms with van der Waals surface area (Å²) in [5, 5.41) is 7.46. The van der Waals surface area contributed by atoms with Gasteiger partial charge in [-0.3, -0.25) is 0 Å². The van der Waals surface area contributed by atoms with Gasteiger partial charge >= 0.3 is 0 Å². The first-order valence-corrected chi connectivity index (χ1v) is 6.39. The van der Waals surface area contributed by atoms with E-state index in [0.29, 0.717) is 11.6 Å². The van der Waals surface area contributed by atoms with Crippen molar-refractivity contribution in [1.29, 1.82) is 0 Å². The van der Waals surface area contributed by atoms with E-state index in [1.807, 2.05) is 0 Å². The van der Waals surface area contributed by atoms with Gasteiger partial charge in [-0.25, -0.2) is 0 Å². The first-order chi connectivity index (χ1) is 7.86. The Morgan fingerprint density at radius 2 is 2.12 bits per heavy atom. The van der Waals surface area contributed by atoms with Crippen LogP contribution in [0.2, 0.25) is 0 Å². The Balaban J connectivity index is 1.77. The third kappa shape index (κ3) is 2.00. The zero-order valence-electron chi connectivity index (χ0n) is 9.71. The summed E-state index contributed by atoms with van der Waals surface area (Å²) in [6, 6.07) is 11.6. The van der Waals surface area contributed by atoms with Gasteiger partial charge in [0, 0.05) is 24.7 Å². The van der Waals surface area contributed by atoms with Crippen LogP contribution in [0.5, 0.6) is 0 Å². The Bertz CT molecular complexity index is 334. The summed E-state index contributed by atoms with van der Waals surface area (Å²) in [4.78, 5) is 0. The maximum Gasteiger partial charge on any atom is 0.0347 e. The van der Waals surface area contributed by atoms with Crippen molar-refractivity contribution in [2.24, 2.45) is 0 Å². The standard InChI is InChI=1S/C14H20N2/c1-2-5-12(6-3-1)9-14-8-4-7-13(10-16-14)15-11-14/h1-3,5-6,13,15-16H,4,7-11H2. The van der Waals surface area contributed by atoms with Crippen molar-refractivity contribution in [3.63, 3.8) is 0 Å². The highest BCUT2D eigenvalue weighted by molar-refractivity contribution is 5.19. The zero-order chi connectivity index (χ0) is 10.8. The van der Waals surface area contributed by atoms with Crippen LogP contribution >= 0.6 is 0 Å². The quantitative estimate of drug-likeness (QED) is 0.786. The molecule has 0 amide bonds. The highest BCUT2D eigenvalue weighted by atomic mass is 15.1. The fourth-order valence-corrected chi connectivity index (χ4v) is 3.08. The molecule has 0 spiro atoms. The van der Waals surface area contributed by atoms with Gasteiger partial charge in [0.25, 0.3) is 0 Å². The summed E-state index contributed by atoms with van der Waals surface area (Å²) >= 11 is 0. The number of fused-ring (bicyclic) bond motifs is 4. The minimum Gasteiger partial charge on any atom is -0.311 e. The Kier molecular flexibility index (Phi) is 2.70. The molecule has 2 atom stereocenters. The minimum absolute atomic E-state index is 0.314. The third-order valence-corrected chi connectivity index (χ3v) is 4.05. The van der Waals surface area contributed by atoms with Gasteiger partial charge in [-0.15, -0.1) is 0 Å². The molecule has 0 saturated carbocycles. The molecule has 3 fully saturated rings. The van der Waals surface area contributed by atoms with Crippen LogP contribution in [0, 0.1) is 0 Å². The molecule has 1 aromatic rings. The minimum atomic E-state index is 0.314. The molecule has 0 radical (unpaired) electrons. The summed E-state index contributed by atoms with van der Waals surface area (Å²) < 4.78 is 0. The van der Waals surface area contributed by atoms with Gasteiger partial charge in [0.2, 0.25) is 0 Å². The molecule has 2 heteroatoms. The third-order valence-electron chi connectivity index (χ3n) is 4.05. The molecule has 0 aromatic heterocycles. The van der Waals surface area contributed by atoms with Gasteiger partial charge in [-0.05, 0) is 31.2 Å². The Morgan fingerprint density at radius 1 is 1.25 bits per heavy atom. The van der Waals surface area contributed by atoms with Gasteiger partial charge in [-0.2, -0.15) is 0 Å². The second kappa shape index (κ2) is 4.19. The lowest BCUT2D eigenvalue weighted by atomic mass is 9.86. The van der Waals surface area contributed by atoms with Gasteiger partial charge in [0.1, 0.15) is 0 Å². The van der Waals surface area contributed by atoms with E-state index in [9.17, 15) is 0 Å². The molecule has 2 bridgehead atoms. The van der Waals surface area contributed by atoms with Gasteiger partial charge in [0.15, 0.2) is 0 Å². The van der Waals surface area contributed by atoms with Gasteiger partial charge in [-0.1, -0.05) is 30.3 Å². The second-order valence-corrected chi connectivity index (χ2v) is 5.29. The van der Waals surface area contributed by atoms with E-state index in [0.717, 1.165) is 19.5 Å². The van der Waals surface area contributed by atoms with Crippen molar-refractivity contribution >= 4 is 0 Å². The first-order valence-electron chi connectivity index (χ1n) is 6.39. The average Bonchev–Trinajstić information content (AvgIpc) is 2.63. The zero-order valence-corrected chi connectivity index (χ0v) is 9.71. The van der Waals surface area contributed by atoms with Crippen LogP contribution in [0.25, 0.3) is 0 Å². The number of hydrogen-bond acceptors (Lipinski definition) is 2. The lowest BCUT2D eigenvalue weighted by Gasteiger charge is -2.39. The molecule has 2 N–H and O–H groups in total. The van der Waals surface area contributed by atoms with E-state index < -0.39 is 0 Å². The van der Waals surface area contributed by atoms with Crippen LogP contribution in [-0.4, -0.2) is 24.7 Å². The molecular formula is C14H20N2. The molecule has 2 nitrogen and oxygen atoms in total. The molecule has 1 aromatic carbocycles. The van der Waals surface area contributed by atoms with E-state index >= 15 is 0 Å². The number of hydrogen-bond donors (Lipinski definition) is 2. The lowest BCUT2D eigenvalue weighted by molar-refractivity contribution is 0.252. The molecule has 0 aliphatic carbocycles. The highest BCUT2D eigenvalue weighted by Gasteiger charge is 2.37. The summed E-state index contributed by atoms with van der Waals surface area (Å²) in [6.07, 6.45) is 5.17. The van der Waals surface area contributed by atoms with E-state index in [1.165, 1.54) is 24.8 Å². The molecule has 3 aliphatic rings. The molecule has 4 rings (SSSR count). The van der Waals surface area contributed by atoms with Gasteiger partial charge < -0.3 is 10.6 Å². The van der Waals surface area contributed by atoms with Crippen LogP contribution in [0.1, 0.15) is 24.8 Å². The summed E-state index contributed by atoms with van der Waals surface area (Å²) in [7, 11) is 0. The molecule has 3 aliphatic heterocycles. The number of nitrogens with one attached hydrogen (secondary N) is 2.